The lowest BCUT2D eigenvalue weighted by Gasteiger charge is -2.30. The summed E-state index contributed by atoms with van der Waals surface area (Å²) >= 11 is 0. The van der Waals surface area contributed by atoms with E-state index in [1.165, 1.54) is 0 Å². The standard InChI is InChI=1S/3C6H13NO/c1-5-4-8-6(2)3-7-5;1-6(2)5-7-3-4-8-6;1-6-2-3-7-4-5-8-6/h5-7H,3-4H2,1-2H3;7H,3-5H2,1-2H3;6-7H,2-5H2,1H3. The van der Waals surface area contributed by atoms with Gasteiger partial charge in [-0.3, -0.25) is 0 Å². The van der Waals surface area contributed by atoms with Gasteiger partial charge in [0, 0.05) is 32.2 Å². The number of hydrogen-bond acceptors (Lipinski definition) is 6. The summed E-state index contributed by atoms with van der Waals surface area (Å²) in [6.45, 7) is 18.2. The Morgan fingerprint density at radius 1 is 0.875 bits per heavy atom. The number of ether oxygens (including phenoxy) is 3. The van der Waals surface area contributed by atoms with Crippen molar-refractivity contribution in [1.29, 1.82) is 0 Å². The Labute approximate surface area is 148 Å². The van der Waals surface area contributed by atoms with Crippen molar-refractivity contribution in [2.24, 2.45) is 0 Å². The third-order valence-corrected chi connectivity index (χ3v) is 4.12. The van der Waals surface area contributed by atoms with Crippen LogP contribution < -0.4 is 16.0 Å². The highest BCUT2D eigenvalue weighted by molar-refractivity contribution is 4.75. The molecule has 3 unspecified atom stereocenters. The van der Waals surface area contributed by atoms with Gasteiger partial charge in [0.15, 0.2) is 0 Å². The van der Waals surface area contributed by atoms with Crippen molar-refractivity contribution in [3.8, 4) is 0 Å². The van der Waals surface area contributed by atoms with E-state index >= 15 is 0 Å². The smallest absolute Gasteiger partial charge is 0.0750 e. The average molecular weight is 346 g/mol. The first-order chi connectivity index (χ1) is 11.4. The van der Waals surface area contributed by atoms with Crippen LogP contribution in [0.4, 0.5) is 0 Å². The maximum absolute atomic E-state index is 5.40. The summed E-state index contributed by atoms with van der Waals surface area (Å²) in [7, 11) is 0. The Hall–Kier alpha value is -0.240. The Bertz CT molecular complexity index is 282. The summed E-state index contributed by atoms with van der Waals surface area (Å²) in [6.07, 6.45) is 2.02. The van der Waals surface area contributed by atoms with Gasteiger partial charge in [0.1, 0.15) is 0 Å². The van der Waals surface area contributed by atoms with E-state index in [1.807, 2.05) is 0 Å². The molecule has 3 aliphatic rings. The van der Waals surface area contributed by atoms with Gasteiger partial charge >= 0.3 is 0 Å². The van der Waals surface area contributed by atoms with Crippen molar-refractivity contribution in [3.63, 3.8) is 0 Å². The molecule has 3 heterocycles. The molecule has 24 heavy (non-hydrogen) atoms. The van der Waals surface area contributed by atoms with Crippen LogP contribution in [0.1, 0.15) is 41.0 Å². The Balaban J connectivity index is 0.000000180. The molecule has 3 N–H and O–H groups in total. The molecule has 0 radical (unpaired) electrons. The van der Waals surface area contributed by atoms with Crippen LogP contribution >= 0.6 is 0 Å². The number of morpholine rings is 2. The zero-order valence-corrected chi connectivity index (χ0v) is 16.3. The topological polar surface area (TPSA) is 63.8 Å². The van der Waals surface area contributed by atoms with Gasteiger partial charge in [0.2, 0.25) is 0 Å². The predicted molar refractivity (Wildman–Crippen MR) is 98.7 cm³/mol. The molecule has 0 aliphatic carbocycles. The number of nitrogens with one attached hydrogen (secondary N) is 3. The summed E-state index contributed by atoms with van der Waals surface area (Å²) < 4.78 is 16.1. The molecule has 0 saturated carbocycles. The minimum absolute atomic E-state index is 0.0677. The van der Waals surface area contributed by atoms with Crippen LogP contribution in [-0.2, 0) is 14.2 Å². The molecule has 0 spiro atoms. The number of hydrogen-bond donors (Lipinski definition) is 3. The lowest BCUT2D eigenvalue weighted by Crippen LogP contribution is -2.45. The summed E-state index contributed by atoms with van der Waals surface area (Å²) in [6, 6.07) is 0.547. The lowest BCUT2D eigenvalue weighted by molar-refractivity contribution is -0.0384. The third kappa shape index (κ3) is 11.3. The van der Waals surface area contributed by atoms with Crippen LogP contribution in [0.15, 0.2) is 0 Å². The SMILES string of the molecule is CC1(C)CNCCO1.CC1CCNCCO1.CC1COC(C)CN1. The summed E-state index contributed by atoms with van der Waals surface area (Å²) in [5.74, 6) is 0. The van der Waals surface area contributed by atoms with E-state index in [0.717, 1.165) is 59.0 Å². The highest BCUT2D eigenvalue weighted by atomic mass is 16.5. The van der Waals surface area contributed by atoms with E-state index in [1.54, 1.807) is 0 Å². The van der Waals surface area contributed by atoms with Crippen molar-refractivity contribution in [3.05, 3.63) is 0 Å². The van der Waals surface area contributed by atoms with E-state index in [-0.39, 0.29) is 5.60 Å². The fraction of sp³-hybridized carbons (Fsp3) is 1.00. The van der Waals surface area contributed by atoms with Gasteiger partial charge in [-0.15, -0.1) is 0 Å². The lowest BCUT2D eigenvalue weighted by atomic mass is 10.1. The molecule has 3 atom stereocenters. The van der Waals surface area contributed by atoms with Crippen LogP contribution in [-0.4, -0.2) is 76.4 Å². The molecule has 0 aromatic heterocycles. The van der Waals surface area contributed by atoms with Crippen molar-refractivity contribution in [1.82, 2.24) is 16.0 Å². The van der Waals surface area contributed by atoms with Gasteiger partial charge < -0.3 is 30.2 Å². The van der Waals surface area contributed by atoms with Crippen molar-refractivity contribution in [2.45, 2.75) is 64.9 Å². The van der Waals surface area contributed by atoms with Crippen molar-refractivity contribution >= 4 is 0 Å². The van der Waals surface area contributed by atoms with Crippen LogP contribution in [0.25, 0.3) is 0 Å². The molecular weight excluding hydrogens is 306 g/mol. The second-order valence-electron chi connectivity index (χ2n) is 7.46. The zero-order chi connectivity index (χ0) is 17.8. The Kier molecular flexibility index (Phi) is 11.1. The molecule has 0 amide bonds. The third-order valence-electron chi connectivity index (χ3n) is 4.12. The molecule has 144 valence electrons. The highest BCUT2D eigenvalue weighted by Crippen LogP contribution is 2.09. The second-order valence-corrected chi connectivity index (χ2v) is 7.46. The van der Waals surface area contributed by atoms with Crippen LogP contribution in [0.3, 0.4) is 0 Å². The maximum Gasteiger partial charge on any atom is 0.0750 e. The molecule has 0 aromatic carbocycles. The van der Waals surface area contributed by atoms with Crippen molar-refractivity contribution < 1.29 is 14.2 Å². The molecular formula is C18H39N3O3. The van der Waals surface area contributed by atoms with Gasteiger partial charge in [0.25, 0.3) is 0 Å². The maximum atomic E-state index is 5.40. The molecule has 6 nitrogen and oxygen atoms in total. The first kappa shape index (κ1) is 21.8. The van der Waals surface area contributed by atoms with Gasteiger partial charge in [-0.1, -0.05) is 0 Å². The molecule has 3 fully saturated rings. The summed E-state index contributed by atoms with van der Waals surface area (Å²) in [5, 5.41) is 9.81. The van der Waals surface area contributed by atoms with E-state index in [2.05, 4.69) is 50.6 Å². The normalized spacial score (nSPS) is 33.1. The number of rotatable bonds is 0. The molecule has 3 rings (SSSR count). The molecule has 3 aliphatic heterocycles. The van der Waals surface area contributed by atoms with E-state index in [4.69, 9.17) is 14.2 Å². The Morgan fingerprint density at radius 3 is 2.12 bits per heavy atom. The quantitative estimate of drug-likeness (QED) is 0.612. The van der Waals surface area contributed by atoms with Gasteiger partial charge in [-0.05, 0) is 47.6 Å². The van der Waals surface area contributed by atoms with Gasteiger partial charge in [-0.2, -0.15) is 0 Å². The van der Waals surface area contributed by atoms with Crippen LogP contribution in [0, 0.1) is 0 Å². The largest absolute Gasteiger partial charge is 0.377 e. The molecule has 0 bridgehead atoms. The van der Waals surface area contributed by atoms with Gasteiger partial charge in [-0.25, -0.2) is 0 Å². The fourth-order valence-electron chi connectivity index (χ4n) is 2.48. The molecule has 6 heteroatoms. The zero-order valence-electron chi connectivity index (χ0n) is 16.3. The molecule has 0 aromatic rings. The highest BCUT2D eigenvalue weighted by Gasteiger charge is 2.20. The van der Waals surface area contributed by atoms with Crippen molar-refractivity contribution in [2.75, 3.05) is 52.5 Å². The summed E-state index contributed by atoms with van der Waals surface area (Å²) in [5.41, 5.74) is 0.0677. The fourth-order valence-corrected chi connectivity index (χ4v) is 2.48. The van der Waals surface area contributed by atoms with Crippen LogP contribution in [0.5, 0.6) is 0 Å². The Morgan fingerprint density at radius 2 is 1.62 bits per heavy atom. The minimum atomic E-state index is 0.0677. The minimum Gasteiger partial charge on any atom is -0.377 e. The summed E-state index contributed by atoms with van der Waals surface area (Å²) in [4.78, 5) is 0. The average Bonchev–Trinajstić information content (AvgIpc) is 2.79. The first-order valence-corrected chi connectivity index (χ1v) is 9.41. The van der Waals surface area contributed by atoms with Gasteiger partial charge in [0.05, 0.1) is 37.6 Å². The monoisotopic (exact) mass is 345 g/mol. The van der Waals surface area contributed by atoms with E-state index < -0.39 is 0 Å². The van der Waals surface area contributed by atoms with Crippen LogP contribution in [0.2, 0.25) is 0 Å². The van der Waals surface area contributed by atoms with E-state index in [0.29, 0.717) is 18.2 Å². The first-order valence-electron chi connectivity index (χ1n) is 9.41. The second kappa shape index (κ2) is 12.2. The van der Waals surface area contributed by atoms with E-state index in [9.17, 15) is 0 Å². The predicted octanol–water partition coefficient (Wildman–Crippen LogP) is 1.15. The molecule has 3 saturated heterocycles.